The minimum Gasteiger partial charge on any atom is -0.507 e. The maximum Gasteiger partial charge on any atom is 0.301 e. The maximum atomic E-state index is 13.5. The number of amides is 1. The number of fused-ring (bicyclic) bond motifs is 1. The summed E-state index contributed by atoms with van der Waals surface area (Å²) in [5.74, 6) is -1.82. The molecule has 0 radical (unpaired) electrons. The smallest absolute Gasteiger partial charge is 0.301 e. The molecule has 1 N–H and O–H groups in total. The van der Waals surface area contributed by atoms with E-state index in [1.165, 1.54) is 40.5 Å². The van der Waals surface area contributed by atoms with Crippen molar-refractivity contribution in [1.29, 1.82) is 0 Å². The summed E-state index contributed by atoms with van der Waals surface area (Å²) in [7, 11) is 0. The number of ether oxygens (including phenoxy) is 1. The predicted octanol–water partition coefficient (Wildman–Crippen LogP) is 6.08. The lowest BCUT2D eigenvalue weighted by atomic mass is 9.95. The number of ketones is 1. The molecule has 36 heavy (non-hydrogen) atoms. The maximum absolute atomic E-state index is 13.5. The van der Waals surface area contributed by atoms with Crippen LogP contribution in [0.25, 0.3) is 16.0 Å². The van der Waals surface area contributed by atoms with E-state index in [1.807, 2.05) is 32.9 Å². The number of nitrogens with zero attached hydrogens (tertiary/aromatic N) is 2. The summed E-state index contributed by atoms with van der Waals surface area (Å²) in [6, 6.07) is 15.2. The van der Waals surface area contributed by atoms with Crippen LogP contribution in [0.3, 0.4) is 0 Å². The Kier molecular flexibility index (Phi) is 6.05. The third kappa shape index (κ3) is 4.03. The molecule has 1 fully saturated rings. The zero-order chi connectivity index (χ0) is 25.6. The van der Waals surface area contributed by atoms with Crippen LogP contribution < -0.4 is 9.64 Å². The zero-order valence-corrected chi connectivity index (χ0v) is 20.7. The monoisotopic (exact) mass is 502 g/mol. The van der Waals surface area contributed by atoms with Gasteiger partial charge in [0.25, 0.3) is 5.78 Å². The van der Waals surface area contributed by atoms with Gasteiger partial charge in [-0.25, -0.2) is 9.37 Å². The fourth-order valence-corrected chi connectivity index (χ4v) is 5.65. The molecule has 0 spiro atoms. The predicted molar refractivity (Wildman–Crippen MR) is 138 cm³/mol. The van der Waals surface area contributed by atoms with Crippen LogP contribution in [0.15, 0.2) is 66.2 Å². The van der Waals surface area contributed by atoms with E-state index in [0.717, 1.165) is 21.3 Å². The van der Waals surface area contributed by atoms with Crippen molar-refractivity contribution in [3.05, 3.63) is 94.3 Å². The fourth-order valence-electron chi connectivity index (χ4n) is 4.48. The molecule has 1 aliphatic rings. The molecule has 0 saturated carbocycles. The standard InChI is InChI=1S/C28H23FN2O4S/c1-4-35-20-11-7-17(8-12-20)24-22(25(32)18-5-9-19(29)10-6-18)26(33)27(34)31(24)28-30-23-16(3)13-15(2)14-21(23)36-28/h5-14,24,32H,4H2,1-3H3/b25-22+. The fraction of sp³-hybridized carbons (Fsp3) is 0.179. The van der Waals surface area contributed by atoms with E-state index in [9.17, 15) is 19.1 Å². The molecule has 4 aromatic rings. The third-order valence-corrected chi connectivity index (χ3v) is 7.10. The van der Waals surface area contributed by atoms with Crippen LogP contribution in [0.1, 0.15) is 35.2 Å². The number of carbonyl (C=O) groups is 2. The molecule has 1 aliphatic heterocycles. The number of hydrogen-bond donors (Lipinski definition) is 1. The molecule has 1 saturated heterocycles. The number of Topliss-reactive ketones (excluding diaryl/α,β-unsaturated/α-hetero) is 1. The molecule has 0 aliphatic carbocycles. The molecule has 1 atom stereocenters. The molecule has 3 aromatic carbocycles. The summed E-state index contributed by atoms with van der Waals surface area (Å²) in [5, 5.41) is 11.5. The van der Waals surface area contributed by atoms with E-state index in [-0.39, 0.29) is 16.9 Å². The number of aliphatic hydroxyl groups is 1. The molecule has 6 nitrogen and oxygen atoms in total. The van der Waals surface area contributed by atoms with E-state index in [4.69, 9.17) is 9.72 Å². The van der Waals surface area contributed by atoms with Gasteiger partial charge in [-0.05, 0) is 79.9 Å². The molecule has 1 amide bonds. The average Bonchev–Trinajstić information content (AvgIpc) is 3.38. The first-order valence-electron chi connectivity index (χ1n) is 11.5. The quantitative estimate of drug-likeness (QED) is 0.203. The summed E-state index contributed by atoms with van der Waals surface area (Å²) in [4.78, 5) is 32.8. The lowest BCUT2D eigenvalue weighted by Crippen LogP contribution is -2.29. The molecular formula is C28H23FN2O4S. The Labute approximate surface area is 211 Å². The van der Waals surface area contributed by atoms with Gasteiger partial charge in [0.05, 0.1) is 28.4 Å². The average molecular weight is 503 g/mol. The highest BCUT2D eigenvalue weighted by Gasteiger charge is 2.48. The van der Waals surface area contributed by atoms with Crippen LogP contribution in [0.5, 0.6) is 5.75 Å². The van der Waals surface area contributed by atoms with Gasteiger partial charge < -0.3 is 9.84 Å². The van der Waals surface area contributed by atoms with Crippen molar-refractivity contribution < 1.29 is 23.8 Å². The van der Waals surface area contributed by atoms with Gasteiger partial charge in [0, 0.05) is 5.56 Å². The van der Waals surface area contributed by atoms with Crippen molar-refractivity contribution in [1.82, 2.24) is 4.98 Å². The van der Waals surface area contributed by atoms with E-state index < -0.39 is 23.5 Å². The number of halogens is 1. The van der Waals surface area contributed by atoms with Gasteiger partial charge >= 0.3 is 5.91 Å². The van der Waals surface area contributed by atoms with E-state index >= 15 is 0 Å². The van der Waals surface area contributed by atoms with Crippen molar-refractivity contribution in [2.45, 2.75) is 26.8 Å². The highest BCUT2D eigenvalue weighted by atomic mass is 32.1. The topological polar surface area (TPSA) is 79.7 Å². The molecule has 5 rings (SSSR count). The van der Waals surface area contributed by atoms with Crippen LogP contribution in [0.2, 0.25) is 0 Å². The minimum absolute atomic E-state index is 0.0806. The Morgan fingerprint density at radius 2 is 1.78 bits per heavy atom. The van der Waals surface area contributed by atoms with Crippen LogP contribution in [-0.2, 0) is 9.59 Å². The molecule has 2 heterocycles. The molecule has 1 aromatic heterocycles. The first-order valence-corrected chi connectivity index (χ1v) is 12.3. The summed E-state index contributed by atoms with van der Waals surface area (Å²) in [5.41, 5.74) is 3.55. The van der Waals surface area contributed by atoms with Gasteiger partial charge in [0.2, 0.25) is 0 Å². The van der Waals surface area contributed by atoms with Gasteiger partial charge in [0.15, 0.2) is 5.13 Å². The second-order valence-electron chi connectivity index (χ2n) is 8.60. The first kappa shape index (κ1) is 23.7. The normalized spacial score (nSPS) is 17.2. The zero-order valence-electron chi connectivity index (χ0n) is 19.9. The number of hydrogen-bond acceptors (Lipinski definition) is 6. The summed E-state index contributed by atoms with van der Waals surface area (Å²) in [6.07, 6.45) is 0. The summed E-state index contributed by atoms with van der Waals surface area (Å²) < 4.78 is 19.9. The third-order valence-electron chi connectivity index (χ3n) is 6.09. The Bertz CT molecular complexity index is 1520. The van der Waals surface area contributed by atoms with E-state index in [0.29, 0.717) is 23.1 Å². The number of aliphatic hydroxyl groups excluding tert-OH is 1. The van der Waals surface area contributed by atoms with E-state index in [1.54, 1.807) is 24.3 Å². The number of aromatic nitrogens is 1. The van der Waals surface area contributed by atoms with Gasteiger partial charge in [-0.15, -0.1) is 0 Å². The second kappa shape index (κ2) is 9.20. The number of aryl methyl sites for hydroxylation is 2. The SMILES string of the molecule is CCOc1ccc(C2/C(=C(\O)c3ccc(F)cc3)C(=O)C(=O)N2c2nc3c(C)cc(C)cc3s2)cc1. The Balaban J connectivity index is 1.71. The molecular weight excluding hydrogens is 479 g/mol. The lowest BCUT2D eigenvalue weighted by molar-refractivity contribution is -0.132. The Morgan fingerprint density at radius 1 is 1.08 bits per heavy atom. The second-order valence-corrected chi connectivity index (χ2v) is 9.61. The van der Waals surface area contributed by atoms with Crippen LogP contribution in [0.4, 0.5) is 9.52 Å². The lowest BCUT2D eigenvalue weighted by Gasteiger charge is -2.23. The van der Waals surface area contributed by atoms with Crippen molar-refractivity contribution in [2.24, 2.45) is 0 Å². The van der Waals surface area contributed by atoms with Crippen LogP contribution in [0, 0.1) is 19.7 Å². The number of carbonyl (C=O) groups excluding carboxylic acids is 2. The Morgan fingerprint density at radius 3 is 2.44 bits per heavy atom. The van der Waals surface area contributed by atoms with Crippen molar-refractivity contribution >= 4 is 44.1 Å². The van der Waals surface area contributed by atoms with Crippen molar-refractivity contribution in [3.8, 4) is 5.75 Å². The number of benzene rings is 3. The van der Waals surface area contributed by atoms with Crippen LogP contribution in [-0.4, -0.2) is 28.4 Å². The highest BCUT2D eigenvalue weighted by molar-refractivity contribution is 7.22. The van der Waals surface area contributed by atoms with Gasteiger partial charge in [0.1, 0.15) is 17.3 Å². The molecule has 1 unspecified atom stereocenters. The van der Waals surface area contributed by atoms with Crippen LogP contribution >= 0.6 is 11.3 Å². The van der Waals surface area contributed by atoms with Crippen molar-refractivity contribution in [3.63, 3.8) is 0 Å². The largest absolute Gasteiger partial charge is 0.507 e. The van der Waals surface area contributed by atoms with Gasteiger partial charge in [-0.2, -0.15) is 0 Å². The summed E-state index contributed by atoms with van der Waals surface area (Å²) >= 11 is 1.31. The summed E-state index contributed by atoms with van der Waals surface area (Å²) in [6.45, 7) is 6.31. The van der Waals surface area contributed by atoms with Gasteiger partial charge in [-0.1, -0.05) is 29.5 Å². The first-order chi connectivity index (χ1) is 17.3. The highest BCUT2D eigenvalue weighted by Crippen LogP contribution is 2.45. The van der Waals surface area contributed by atoms with E-state index in [2.05, 4.69) is 0 Å². The number of rotatable bonds is 5. The molecule has 8 heteroatoms. The Hall–Kier alpha value is -4.04. The number of anilines is 1. The number of thiazole rings is 1. The van der Waals surface area contributed by atoms with Gasteiger partial charge in [-0.3, -0.25) is 14.5 Å². The van der Waals surface area contributed by atoms with Crippen molar-refractivity contribution in [2.75, 3.05) is 11.5 Å². The molecule has 0 bridgehead atoms. The minimum atomic E-state index is -0.923. The molecule has 182 valence electrons.